The molecule has 1 heterocycles. The van der Waals surface area contributed by atoms with Crippen LogP contribution in [-0.4, -0.2) is 16.3 Å². The predicted molar refractivity (Wildman–Crippen MR) is 72.6 cm³/mol. The number of aromatic nitrogens is 2. The molecule has 1 aromatic carbocycles. The first kappa shape index (κ1) is 13.2. The van der Waals surface area contributed by atoms with Gasteiger partial charge < -0.3 is 4.74 Å². The summed E-state index contributed by atoms with van der Waals surface area (Å²) in [6.45, 7) is 4.29. The van der Waals surface area contributed by atoms with E-state index in [2.05, 4.69) is 23.8 Å². The second-order valence-electron chi connectivity index (χ2n) is 4.37. The van der Waals surface area contributed by atoms with E-state index in [0.29, 0.717) is 17.8 Å². The number of rotatable bonds is 5. The van der Waals surface area contributed by atoms with Gasteiger partial charge in [0.25, 0.3) is 0 Å². The normalized spacial score (nSPS) is 11.9. The van der Waals surface area contributed by atoms with E-state index < -0.39 is 0 Å². The molecule has 0 aliphatic heterocycles. The molecule has 0 aliphatic rings. The number of hydrogen-bond acceptors (Lipinski definition) is 4. The Morgan fingerprint density at radius 1 is 1.26 bits per heavy atom. The van der Waals surface area contributed by atoms with E-state index in [1.807, 2.05) is 24.3 Å². The molecule has 1 atom stereocenters. The van der Waals surface area contributed by atoms with E-state index in [0.717, 1.165) is 17.7 Å². The lowest BCUT2D eigenvalue weighted by Crippen LogP contribution is -1.98. The number of ether oxygens (including phenoxy) is 1. The van der Waals surface area contributed by atoms with Crippen LogP contribution in [0.3, 0.4) is 0 Å². The van der Waals surface area contributed by atoms with Crippen molar-refractivity contribution in [1.82, 2.24) is 9.97 Å². The Morgan fingerprint density at radius 3 is 2.58 bits per heavy atom. The lowest BCUT2D eigenvalue weighted by Gasteiger charge is -2.14. The van der Waals surface area contributed by atoms with Gasteiger partial charge in [-0.2, -0.15) is 0 Å². The summed E-state index contributed by atoms with van der Waals surface area (Å²) in [4.78, 5) is 18.6. The molecular weight excluding hydrogens is 240 g/mol. The van der Waals surface area contributed by atoms with E-state index in [-0.39, 0.29) is 6.01 Å². The molecule has 4 heteroatoms. The molecule has 0 N–H and O–H groups in total. The Morgan fingerprint density at radius 2 is 1.95 bits per heavy atom. The molecule has 4 nitrogen and oxygen atoms in total. The van der Waals surface area contributed by atoms with E-state index in [4.69, 9.17) is 4.74 Å². The Balaban J connectivity index is 2.24. The quantitative estimate of drug-likeness (QED) is 0.767. The molecule has 0 spiro atoms. The summed E-state index contributed by atoms with van der Waals surface area (Å²) in [7, 11) is 0. The topological polar surface area (TPSA) is 52.1 Å². The Bertz CT molecular complexity index is 552. The first-order valence-corrected chi connectivity index (χ1v) is 6.28. The number of para-hydroxylation sites is 1. The van der Waals surface area contributed by atoms with Crippen LogP contribution in [0.5, 0.6) is 11.8 Å². The largest absolute Gasteiger partial charge is 0.424 e. The van der Waals surface area contributed by atoms with Gasteiger partial charge in [0.05, 0.1) is 5.56 Å². The second kappa shape index (κ2) is 6.09. The van der Waals surface area contributed by atoms with Crippen LogP contribution in [0.15, 0.2) is 36.7 Å². The van der Waals surface area contributed by atoms with Gasteiger partial charge in [-0.3, -0.25) is 4.79 Å². The average molecular weight is 256 g/mol. The molecule has 2 aromatic rings. The fourth-order valence-corrected chi connectivity index (χ4v) is 1.74. The minimum absolute atomic E-state index is 0.251. The third kappa shape index (κ3) is 3.16. The van der Waals surface area contributed by atoms with Crippen molar-refractivity contribution in [3.63, 3.8) is 0 Å². The fourth-order valence-electron chi connectivity index (χ4n) is 1.74. The average Bonchev–Trinajstić information content (AvgIpc) is 2.48. The number of benzene rings is 1. The van der Waals surface area contributed by atoms with Gasteiger partial charge in [0.1, 0.15) is 5.75 Å². The molecule has 0 saturated carbocycles. The van der Waals surface area contributed by atoms with Crippen LogP contribution in [0, 0.1) is 0 Å². The summed E-state index contributed by atoms with van der Waals surface area (Å²) in [5.41, 5.74) is 1.57. The number of carbonyl (C=O) groups excluding carboxylic acids is 1. The van der Waals surface area contributed by atoms with Crippen LogP contribution >= 0.6 is 0 Å². The summed E-state index contributed by atoms with van der Waals surface area (Å²) in [5.74, 6) is 1.17. The number of hydrogen-bond donors (Lipinski definition) is 0. The van der Waals surface area contributed by atoms with E-state index in [1.165, 1.54) is 12.4 Å². The highest BCUT2D eigenvalue weighted by Crippen LogP contribution is 2.30. The molecule has 2 rings (SSSR count). The van der Waals surface area contributed by atoms with Crippen LogP contribution in [0.25, 0.3) is 0 Å². The fraction of sp³-hybridized carbons (Fsp3) is 0.267. The smallest absolute Gasteiger partial charge is 0.321 e. The minimum Gasteiger partial charge on any atom is -0.424 e. The maximum Gasteiger partial charge on any atom is 0.321 e. The molecular formula is C15H16N2O2. The lowest BCUT2D eigenvalue weighted by atomic mass is 9.98. The van der Waals surface area contributed by atoms with Crippen LogP contribution in [0.2, 0.25) is 0 Å². The monoisotopic (exact) mass is 256 g/mol. The molecule has 0 saturated heterocycles. The van der Waals surface area contributed by atoms with E-state index >= 15 is 0 Å². The lowest BCUT2D eigenvalue weighted by molar-refractivity contribution is 0.112. The molecule has 0 aliphatic carbocycles. The van der Waals surface area contributed by atoms with Crippen molar-refractivity contribution in [2.24, 2.45) is 0 Å². The first-order chi connectivity index (χ1) is 9.24. The summed E-state index contributed by atoms with van der Waals surface area (Å²) >= 11 is 0. The summed E-state index contributed by atoms with van der Waals surface area (Å²) in [6, 6.07) is 8.11. The molecule has 1 aromatic heterocycles. The van der Waals surface area contributed by atoms with Crippen molar-refractivity contribution < 1.29 is 9.53 Å². The first-order valence-electron chi connectivity index (χ1n) is 6.28. The standard InChI is InChI=1S/C15H16N2O2/c1-3-11(2)13-6-4-5-7-14(13)19-15-16-8-12(10-18)9-17-15/h4-11H,3H2,1-2H3. The van der Waals surface area contributed by atoms with E-state index in [1.54, 1.807) is 0 Å². The highest BCUT2D eigenvalue weighted by Gasteiger charge is 2.11. The van der Waals surface area contributed by atoms with Gasteiger partial charge in [-0.25, -0.2) is 9.97 Å². The van der Waals surface area contributed by atoms with Crippen molar-refractivity contribution in [3.05, 3.63) is 47.8 Å². The zero-order chi connectivity index (χ0) is 13.7. The number of carbonyl (C=O) groups is 1. The Kier molecular flexibility index (Phi) is 4.23. The van der Waals surface area contributed by atoms with Gasteiger partial charge in [-0.05, 0) is 24.0 Å². The third-order valence-corrected chi connectivity index (χ3v) is 3.05. The van der Waals surface area contributed by atoms with Gasteiger partial charge >= 0.3 is 6.01 Å². The zero-order valence-electron chi connectivity index (χ0n) is 11.0. The van der Waals surface area contributed by atoms with Gasteiger partial charge in [0.2, 0.25) is 0 Å². The van der Waals surface area contributed by atoms with Crippen molar-refractivity contribution in [2.75, 3.05) is 0 Å². The van der Waals surface area contributed by atoms with Crippen LogP contribution in [0.4, 0.5) is 0 Å². The maximum absolute atomic E-state index is 10.5. The number of nitrogens with zero attached hydrogens (tertiary/aromatic N) is 2. The molecule has 19 heavy (non-hydrogen) atoms. The highest BCUT2D eigenvalue weighted by molar-refractivity contribution is 5.73. The van der Waals surface area contributed by atoms with Crippen molar-refractivity contribution >= 4 is 6.29 Å². The third-order valence-electron chi connectivity index (χ3n) is 3.05. The number of aldehydes is 1. The molecule has 0 bridgehead atoms. The van der Waals surface area contributed by atoms with E-state index in [9.17, 15) is 4.79 Å². The molecule has 0 amide bonds. The van der Waals surface area contributed by atoms with Crippen molar-refractivity contribution in [3.8, 4) is 11.8 Å². The van der Waals surface area contributed by atoms with Crippen LogP contribution < -0.4 is 4.74 Å². The maximum atomic E-state index is 10.5. The summed E-state index contributed by atoms with van der Waals surface area (Å²) in [5, 5.41) is 0. The summed E-state index contributed by atoms with van der Waals surface area (Å²) < 4.78 is 5.69. The van der Waals surface area contributed by atoms with Crippen LogP contribution in [0.1, 0.15) is 42.1 Å². The van der Waals surface area contributed by atoms with Crippen LogP contribution in [-0.2, 0) is 0 Å². The van der Waals surface area contributed by atoms with Gasteiger partial charge in [0, 0.05) is 12.4 Å². The predicted octanol–water partition coefficient (Wildman–Crippen LogP) is 3.59. The minimum atomic E-state index is 0.251. The second-order valence-corrected chi connectivity index (χ2v) is 4.37. The van der Waals surface area contributed by atoms with Gasteiger partial charge in [-0.1, -0.05) is 32.0 Å². The molecule has 98 valence electrons. The molecule has 1 unspecified atom stereocenters. The zero-order valence-corrected chi connectivity index (χ0v) is 11.0. The Labute approximate surface area is 112 Å². The molecule has 0 fully saturated rings. The molecule has 0 radical (unpaired) electrons. The highest BCUT2D eigenvalue weighted by atomic mass is 16.5. The SMILES string of the molecule is CCC(C)c1ccccc1Oc1ncc(C=O)cn1. The summed E-state index contributed by atoms with van der Waals surface area (Å²) in [6.07, 6.45) is 4.63. The van der Waals surface area contributed by atoms with Crippen molar-refractivity contribution in [1.29, 1.82) is 0 Å². The van der Waals surface area contributed by atoms with Gasteiger partial charge in [-0.15, -0.1) is 0 Å². The Hall–Kier alpha value is -2.23. The van der Waals surface area contributed by atoms with Gasteiger partial charge in [0.15, 0.2) is 6.29 Å². The van der Waals surface area contributed by atoms with Crippen molar-refractivity contribution in [2.45, 2.75) is 26.2 Å².